The molecule has 1 aromatic rings. The van der Waals surface area contributed by atoms with Crippen molar-refractivity contribution in [2.45, 2.75) is 52.2 Å². The Kier molecular flexibility index (Phi) is 5.86. The predicted molar refractivity (Wildman–Crippen MR) is 84.2 cm³/mol. The zero-order valence-electron chi connectivity index (χ0n) is 13.1. The van der Waals surface area contributed by atoms with Crippen LogP contribution in [0, 0.1) is 0 Å². The summed E-state index contributed by atoms with van der Waals surface area (Å²) in [4.78, 5) is 2.42. The molecule has 1 fully saturated rings. The molecule has 0 amide bonds. The maximum atomic E-state index is 5.88. The first-order chi connectivity index (χ1) is 9.69. The largest absolute Gasteiger partial charge is 0.492 e. The summed E-state index contributed by atoms with van der Waals surface area (Å²) in [5, 5.41) is 3.53. The van der Waals surface area contributed by atoms with Crippen LogP contribution in [-0.2, 0) is 6.54 Å². The zero-order chi connectivity index (χ0) is 14.4. The Balaban J connectivity index is 1.75. The van der Waals surface area contributed by atoms with Gasteiger partial charge in [-0.15, -0.1) is 0 Å². The van der Waals surface area contributed by atoms with Crippen LogP contribution >= 0.6 is 0 Å². The van der Waals surface area contributed by atoms with E-state index in [1.807, 2.05) is 6.07 Å². The van der Waals surface area contributed by atoms with Gasteiger partial charge < -0.3 is 10.1 Å². The molecule has 0 unspecified atom stereocenters. The molecule has 0 radical (unpaired) electrons. The van der Waals surface area contributed by atoms with E-state index in [9.17, 15) is 0 Å². The van der Waals surface area contributed by atoms with Gasteiger partial charge in [0.2, 0.25) is 0 Å². The summed E-state index contributed by atoms with van der Waals surface area (Å²) in [5.41, 5.74) is 1.31. The summed E-state index contributed by atoms with van der Waals surface area (Å²) in [7, 11) is 0. The highest BCUT2D eigenvalue weighted by molar-refractivity contribution is 5.28. The van der Waals surface area contributed by atoms with E-state index in [1.165, 1.54) is 18.4 Å². The molecule has 0 saturated heterocycles. The second-order valence-corrected chi connectivity index (χ2v) is 5.87. The van der Waals surface area contributed by atoms with Gasteiger partial charge in [-0.05, 0) is 50.9 Å². The number of ether oxygens (including phenoxy) is 1. The van der Waals surface area contributed by atoms with Crippen LogP contribution in [0.3, 0.4) is 0 Å². The van der Waals surface area contributed by atoms with Crippen molar-refractivity contribution < 1.29 is 4.74 Å². The fourth-order valence-electron chi connectivity index (χ4n) is 2.36. The lowest BCUT2D eigenvalue weighted by molar-refractivity contribution is 0.183. The molecule has 0 aromatic heterocycles. The van der Waals surface area contributed by atoms with Gasteiger partial charge in [0.25, 0.3) is 0 Å². The summed E-state index contributed by atoms with van der Waals surface area (Å²) in [6.07, 6.45) is 2.66. The highest BCUT2D eigenvalue weighted by atomic mass is 16.5. The van der Waals surface area contributed by atoms with Crippen molar-refractivity contribution in [1.29, 1.82) is 0 Å². The van der Waals surface area contributed by atoms with Crippen LogP contribution in [-0.4, -0.2) is 36.7 Å². The van der Waals surface area contributed by atoms with Gasteiger partial charge in [-0.2, -0.15) is 0 Å². The van der Waals surface area contributed by atoms with Gasteiger partial charge >= 0.3 is 0 Å². The number of nitrogens with one attached hydrogen (secondary N) is 1. The quantitative estimate of drug-likeness (QED) is 0.750. The topological polar surface area (TPSA) is 24.5 Å². The molecule has 1 saturated carbocycles. The lowest BCUT2D eigenvalue weighted by Gasteiger charge is -2.24. The van der Waals surface area contributed by atoms with Gasteiger partial charge in [0.15, 0.2) is 0 Å². The second-order valence-electron chi connectivity index (χ2n) is 5.87. The first-order valence-corrected chi connectivity index (χ1v) is 7.88. The van der Waals surface area contributed by atoms with Crippen molar-refractivity contribution in [3.63, 3.8) is 0 Å². The summed E-state index contributed by atoms with van der Waals surface area (Å²) in [6, 6.07) is 9.78. The molecule has 20 heavy (non-hydrogen) atoms. The molecule has 1 aliphatic rings. The first-order valence-electron chi connectivity index (χ1n) is 7.88. The Morgan fingerprint density at radius 1 is 1.35 bits per heavy atom. The maximum Gasteiger partial charge on any atom is 0.119 e. The Bertz CT molecular complexity index is 402. The molecule has 0 spiro atoms. The molecular weight excluding hydrogens is 248 g/mol. The molecule has 0 heterocycles. The number of rotatable bonds is 9. The van der Waals surface area contributed by atoms with E-state index in [-0.39, 0.29) is 0 Å². The lowest BCUT2D eigenvalue weighted by Crippen LogP contribution is -2.34. The summed E-state index contributed by atoms with van der Waals surface area (Å²) in [5.74, 6) is 0.986. The molecule has 112 valence electrons. The van der Waals surface area contributed by atoms with Gasteiger partial charge in [-0.3, -0.25) is 4.90 Å². The number of hydrogen-bond donors (Lipinski definition) is 1. The molecule has 0 aliphatic heterocycles. The van der Waals surface area contributed by atoms with E-state index in [1.54, 1.807) is 0 Å². The summed E-state index contributed by atoms with van der Waals surface area (Å²) < 4.78 is 5.88. The minimum absolute atomic E-state index is 0.581. The van der Waals surface area contributed by atoms with Crippen LogP contribution in [0.4, 0.5) is 0 Å². The third-order valence-electron chi connectivity index (χ3n) is 3.85. The first kappa shape index (κ1) is 15.3. The molecule has 1 N–H and O–H groups in total. The summed E-state index contributed by atoms with van der Waals surface area (Å²) >= 11 is 0. The van der Waals surface area contributed by atoms with Crippen molar-refractivity contribution in [1.82, 2.24) is 10.2 Å². The Morgan fingerprint density at radius 3 is 2.80 bits per heavy atom. The highest BCUT2D eigenvalue weighted by Gasteiger charge is 2.19. The van der Waals surface area contributed by atoms with Crippen molar-refractivity contribution in [2.75, 3.05) is 19.7 Å². The van der Waals surface area contributed by atoms with Crippen LogP contribution in [0.2, 0.25) is 0 Å². The van der Waals surface area contributed by atoms with Gasteiger partial charge in [-0.25, -0.2) is 0 Å². The van der Waals surface area contributed by atoms with E-state index in [0.717, 1.165) is 38.0 Å². The van der Waals surface area contributed by atoms with Gasteiger partial charge in [0.05, 0.1) is 0 Å². The fraction of sp³-hybridized carbons (Fsp3) is 0.647. The van der Waals surface area contributed by atoms with E-state index >= 15 is 0 Å². The van der Waals surface area contributed by atoms with Crippen molar-refractivity contribution in [2.24, 2.45) is 0 Å². The third kappa shape index (κ3) is 5.14. The van der Waals surface area contributed by atoms with Crippen molar-refractivity contribution >= 4 is 0 Å². The average Bonchev–Trinajstić information content (AvgIpc) is 3.25. The van der Waals surface area contributed by atoms with E-state index in [2.05, 4.69) is 49.2 Å². The monoisotopic (exact) mass is 276 g/mol. The molecule has 0 atom stereocenters. The van der Waals surface area contributed by atoms with E-state index in [0.29, 0.717) is 6.04 Å². The number of hydrogen-bond acceptors (Lipinski definition) is 3. The molecule has 1 aliphatic carbocycles. The predicted octanol–water partition coefficient (Wildman–Crippen LogP) is 3.05. The van der Waals surface area contributed by atoms with E-state index < -0.39 is 0 Å². The molecule has 3 nitrogen and oxygen atoms in total. The Hall–Kier alpha value is -1.06. The number of likely N-dealkylation sites (N-methyl/N-ethyl adjacent to an activating group) is 1. The minimum atomic E-state index is 0.581. The van der Waals surface area contributed by atoms with Gasteiger partial charge in [0, 0.05) is 25.2 Å². The Labute approximate surface area is 123 Å². The zero-order valence-corrected chi connectivity index (χ0v) is 13.1. The molecule has 0 bridgehead atoms. The van der Waals surface area contributed by atoms with Crippen molar-refractivity contribution in [3.8, 4) is 5.75 Å². The molecule has 1 aromatic carbocycles. The minimum Gasteiger partial charge on any atom is -0.492 e. The molecular formula is C17H28N2O. The van der Waals surface area contributed by atoms with Gasteiger partial charge in [0.1, 0.15) is 12.4 Å². The SMILES string of the molecule is CCN(CCOc1cccc(CNC2CC2)c1)C(C)C. The normalized spacial score (nSPS) is 15.1. The van der Waals surface area contributed by atoms with Crippen molar-refractivity contribution in [3.05, 3.63) is 29.8 Å². The standard InChI is InChI=1S/C17H28N2O/c1-4-19(14(2)3)10-11-20-17-7-5-6-15(12-17)13-18-16-8-9-16/h5-7,12,14,16,18H,4,8-11,13H2,1-3H3. The third-order valence-corrected chi connectivity index (χ3v) is 3.85. The maximum absolute atomic E-state index is 5.88. The second kappa shape index (κ2) is 7.65. The summed E-state index contributed by atoms with van der Waals surface area (Å²) in [6.45, 7) is 10.4. The van der Waals surface area contributed by atoms with E-state index in [4.69, 9.17) is 4.74 Å². The average molecular weight is 276 g/mol. The van der Waals surface area contributed by atoms with Gasteiger partial charge in [-0.1, -0.05) is 19.1 Å². The molecule has 2 rings (SSSR count). The van der Waals surface area contributed by atoms with Crippen LogP contribution in [0.1, 0.15) is 39.2 Å². The number of benzene rings is 1. The van der Waals surface area contributed by atoms with Crippen LogP contribution in [0.5, 0.6) is 5.75 Å². The van der Waals surface area contributed by atoms with Crippen LogP contribution in [0.15, 0.2) is 24.3 Å². The van der Waals surface area contributed by atoms with Crippen LogP contribution < -0.4 is 10.1 Å². The molecule has 3 heteroatoms. The van der Waals surface area contributed by atoms with Crippen LogP contribution in [0.25, 0.3) is 0 Å². The number of nitrogens with zero attached hydrogens (tertiary/aromatic N) is 1. The smallest absolute Gasteiger partial charge is 0.119 e. The Morgan fingerprint density at radius 2 is 2.15 bits per heavy atom. The fourth-order valence-corrected chi connectivity index (χ4v) is 2.36. The highest BCUT2D eigenvalue weighted by Crippen LogP contribution is 2.20. The lowest BCUT2D eigenvalue weighted by atomic mass is 10.2.